The van der Waals surface area contributed by atoms with Crippen molar-refractivity contribution in [1.82, 2.24) is 24.0 Å². The summed E-state index contributed by atoms with van der Waals surface area (Å²) in [6.45, 7) is 2.61. The fraction of sp³-hybridized carbons (Fsp3) is 0.429. The molecule has 9 nitrogen and oxygen atoms in total. The second-order valence-corrected chi connectivity index (χ2v) is 8.13. The van der Waals surface area contributed by atoms with Gasteiger partial charge in [0.1, 0.15) is 0 Å². The number of hydrogen-bond acceptors (Lipinski definition) is 6. The van der Waals surface area contributed by atoms with Crippen LogP contribution in [-0.4, -0.2) is 50.1 Å². The standard InChI is InChI=1S/C21H24N6O3/c1-24-18-17(19(29)25(2)21(24)30)27(12-16(28)13-6-4-3-5-7-13)20(23-18)26-9-8-14-10-22-11-15(14)26/h3-7,14-15,22H,8-12H2,1-2H3. The van der Waals surface area contributed by atoms with Crippen molar-refractivity contribution in [1.29, 1.82) is 0 Å². The predicted molar refractivity (Wildman–Crippen MR) is 113 cm³/mol. The lowest BCUT2D eigenvalue weighted by Gasteiger charge is -2.25. The van der Waals surface area contributed by atoms with Gasteiger partial charge in [0.25, 0.3) is 5.56 Å². The van der Waals surface area contributed by atoms with Gasteiger partial charge in [-0.2, -0.15) is 4.98 Å². The Balaban J connectivity index is 1.71. The van der Waals surface area contributed by atoms with E-state index < -0.39 is 11.2 Å². The molecule has 4 heterocycles. The van der Waals surface area contributed by atoms with Crippen LogP contribution in [0.25, 0.3) is 11.2 Å². The van der Waals surface area contributed by atoms with E-state index in [4.69, 9.17) is 4.98 Å². The number of imidazole rings is 1. The zero-order valence-electron chi connectivity index (χ0n) is 17.0. The first kappa shape index (κ1) is 18.8. The lowest BCUT2D eigenvalue weighted by Crippen LogP contribution is -2.38. The zero-order chi connectivity index (χ0) is 21.0. The molecular formula is C21H24N6O3. The molecule has 1 aromatic carbocycles. The fourth-order valence-electron chi connectivity index (χ4n) is 4.76. The molecule has 2 atom stereocenters. The van der Waals surface area contributed by atoms with E-state index in [1.54, 1.807) is 23.7 Å². The summed E-state index contributed by atoms with van der Waals surface area (Å²) in [5.41, 5.74) is 0.309. The highest BCUT2D eigenvalue weighted by Crippen LogP contribution is 2.32. The van der Waals surface area contributed by atoms with Crippen LogP contribution in [0.15, 0.2) is 39.9 Å². The first-order valence-corrected chi connectivity index (χ1v) is 10.2. The van der Waals surface area contributed by atoms with Crippen molar-refractivity contribution in [3.05, 3.63) is 56.7 Å². The highest BCUT2D eigenvalue weighted by Gasteiger charge is 2.40. The molecule has 0 saturated carbocycles. The van der Waals surface area contributed by atoms with Crippen LogP contribution in [0.4, 0.5) is 5.95 Å². The van der Waals surface area contributed by atoms with Crippen LogP contribution in [-0.2, 0) is 20.6 Å². The van der Waals surface area contributed by atoms with Gasteiger partial charge in [-0.05, 0) is 12.3 Å². The van der Waals surface area contributed by atoms with Crippen molar-refractivity contribution in [2.75, 3.05) is 24.5 Å². The maximum absolute atomic E-state index is 13.0. The molecule has 0 spiro atoms. The average Bonchev–Trinajstić information content (AvgIpc) is 3.46. The van der Waals surface area contributed by atoms with E-state index in [-0.39, 0.29) is 23.9 Å². The Morgan fingerprint density at radius 3 is 2.67 bits per heavy atom. The van der Waals surface area contributed by atoms with Gasteiger partial charge < -0.3 is 10.2 Å². The predicted octanol–water partition coefficient (Wildman–Crippen LogP) is 0.115. The Kier molecular flexibility index (Phi) is 4.35. The van der Waals surface area contributed by atoms with E-state index in [0.29, 0.717) is 23.1 Å². The number of carbonyl (C=O) groups is 1. The fourth-order valence-corrected chi connectivity index (χ4v) is 4.76. The molecule has 2 fully saturated rings. The third kappa shape index (κ3) is 2.72. The molecule has 0 aliphatic carbocycles. The molecule has 9 heteroatoms. The first-order chi connectivity index (χ1) is 14.5. The normalized spacial score (nSPS) is 20.8. The second-order valence-electron chi connectivity index (χ2n) is 8.13. The minimum atomic E-state index is -0.437. The molecule has 2 aliphatic rings. The maximum Gasteiger partial charge on any atom is 0.332 e. The Labute approximate surface area is 172 Å². The summed E-state index contributed by atoms with van der Waals surface area (Å²) in [4.78, 5) is 45.5. The van der Waals surface area contributed by atoms with Gasteiger partial charge in [-0.15, -0.1) is 0 Å². The van der Waals surface area contributed by atoms with E-state index in [0.717, 1.165) is 30.6 Å². The Hall–Kier alpha value is -3.20. The number of benzene rings is 1. The van der Waals surface area contributed by atoms with Gasteiger partial charge in [0.05, 0.1) is 6.54 Å². The van der Waals surface area contributed by atoms with Gasteiger partial charge in [0.2, 0.25) is 5.95 Å². The summed E-state index contributed by atoms with van der Waals surface area (Å²) in [5.74, 6) is 1.01. The number of rotatable bonds is 4. The summed E-state index contributed by atoms with van der Waals surface area (Å²) in [5, 5.41) is 3.42. The Morgan fingerprint density at radius 1 is 1.13 bits per heavy atom. The largest absolute Gasteiger partial charge is 0.338 e. The van der Waals surface area contributed by atoms with Crippen molar-refractivity contribution in [2.45, 2.75) is 19.0 Å². The molecule has 0 bridgehead atoms. The number of nitrogens with zero attached hydrogens (tertiary/aromatic N) is 5. The Morgan fingerprint density at radius 2 is 1.90 bits per heavy atom. The van der Waals surface area contributed by atoms with E-state index in [1.165, 1.54) is 11.6 Å². The lowest BCUT2D eigenvalue weighted by molar-refractivity contribution is 0.0973. The second kappa shape index (κ2) is 6.94. The minimum Gasteiger partial charge on any atom is -0.338 e. The quantitative estimate of drug-likeness (QED) is 0.616. The summed E-state index contributed by atoms with van der Waals surface area (Å²) >= 11 is 0. The molecule has 1 N–H and O–H groups in total. The summed E-state index contributed by atoms with van der Waals surface area (Å²) in [7, 11) is 3.06. The molecule has 3 aromatic rings. The van der Waals surface area contributed by atoms with Gasteiger partial charge in [-0.1, -0.05) is 30.3 Å². The number of fused-ring (bicyclic) bond motifs is 2. The number of hydrogen-bond donors (Lipinski definition) is 1. The first-order valence-electron chi connectivity index (χ1n) is 10.2. The van der Waals surface area contributed by atoms with Crippen LogP contribution in [0.1, 0.15) is 16.8 Å². The van der Waals surface area contributed by atoms with Gasteiger partial charge in [-0.3, -0.25) is 23.3 Å². The molecule has 2 unspecified atom stereocenters. The van der Waals surface area contributed by atoms with E-state index in [9.17, 15) is 14.4 Å². The number of aromatic nitrogens is 4. The van der Waals surface area contributed by atoms with Crippen molar-refractivity contribution in [3.63, 3.8) is 0 Å². The third-order valence-corrected chi connectivity index (χ3v) is 6.43. The van der Waals surface area contributed by atoms with Crippen molar-refractivity contribution >= 4 is 22.9 Å². The zero-order valence-corrected chi connectivity index (χ0v) is 17.0. The summed E-state index contributed by atoms with van der Waals surface area (Å²) in [6, 6.07) is 9.30. The van der Waals surface area contributed by atoms with E-state index in [2.05, 4.69) is 10.2 Å². The van der Waals surface area contributed by atoms with Gasteiger partial charge in [0.15, 0.2) is 16.9 Å². The number of anilines is 1. The topological polar surface area (TPSA) is 94.2 Å². The molecule has 2 aliphatic heterocycles. The molecule has 30 heavy (non-hydrogen) atoms. The summed E-state index contributed by atoms with van der Waals surface area (Å²) in [6.07, 6.45) is 1.03. The highest BCUT2D eigenvalue weighted by atomic mass is 16.2. The smallest absolute Gasteiger partial charge is 0.332 e. The van der Waals surface area contributed by atoms with Crippen molar-refractivity contribution < 1.29 is 4.79 Å². The van der Waals surface area contributed by atoms with Crippen LogP contribution < -0.4 is 21.5 Å². The van der Waals surface area contributed by atoms with Crippen LogP contribution in [0, 0.1) is 5.92 Å². The molecule has 0 amide bonds. The molecule has 5 rings (SSSR count). The monoisotopic (exact) mass is 408 g/mol. The van der Waals surface area contributed by atoms with Gasteiger partial charge >= 0.3 is 5.69 Å². The molecule has 156 valence electrons. The average molecular weight is 408 g/mol. The highest BCUT2D eigenvalue weighted by molar-refractivity contribution is 5.97. The van der Waals surface area contributed by atoms with Crippen LogP contribution in [0.2, 0.25) is 0 Å². The number of Topliss-reactive ketones (excluding diaryl/α,β-unsaturated/α-hetero) is 1. The van der Waals surface area contributed by atoms with E-state index >= 15 is 0 Å². The SMILES string of the molecule is Cn1c(=O)c2c(nc(N3CCC4CNCC43)n2CC(=O)c2ccccc2)n(C)c1=O. The van der Waals surface area contributed by atoms with Gasteiger partial charge in [-0.25, -0.2) is 4.79 Å². The Bertz CT molecular complexity index is 1260. The van der Waals surface area contributed by atoms with Crippen molar-refractivity contribution in [3.8, 4) is 0 Å². The van der Waals surface area contributed by atoms with Crippen LogP contribution in [0.5, 0.6) is 0 Å². The summed E-state index contributed by atoms with van der Waals surface area (Å²) < 4.78 is 4.15. The number of nitrogens with one attached hydrogen (secondary N) is 1. The minimum absolute atomic E-state index is 0.00932. The van der Waals surface area contributed by atoms with E-state index in [1.807, 2.05) is 18.2 Å². The van der Waals surface area contributed by atoms with Crippen molar-refractivity contribution in [2.24, 2.45) is 20.0 Å². The molecule has 0 radical (unpaired) electrons. The van der Waals surface area contributed by atoms with Crippen LogP contribution >= 0.6 is 0 Å². The number of carbonyl (C=O) groups excluding carboxylic acids is 1. The number of aryl methyl sites for hydroxylation is 1. The van der Waals surface area contributed by atoms with Gasteiger partial charge in [0, 0.05) is 45.3 Å². The molecule has 2 aromatic heterocycles. The molecular weight excluding hydrogens is 384 g/mol. The lowest BCUT2D eigenvalue weighted by atomic mass is 10.1. The molecule has 2 saturated heterocycles. The maximum atomic E-state index is 13.0. The number of ketones is 1. The third-order valence-electron chi connectivity index (χ3n) is 6.43. The van der Waals surface area contributed by atoms with Crippen LogP contribution in [0.3, 0.4) is 0 Å².